The summed E-state index contributed by atoms with van der Waals surface area (Å²) in [5.41, 5.74) is 2.20. The maximum Gasteiger partial charge on any atom is 0.257 e. The van der Waals surface area contributed by atoms with Crippen LogP contribution in [-0.4, -0.2) is 29.9 Å². The zero-order chi connectivity index (χ0) is 17.7. The Morgan fingerprint density at radius 3 is 2.38 bits per heavy atom. The molecule has 0 bridgehead atoms. The van der Waals surface area contributed by atoms with Crippen LogP contribution in [0.2, 0.25) is 0 Å². The molecule has 0 aliphatic heterocycles. The molecule has 6 nitrogen and oxygen atoms in total. The van der Waals surface area contributed by atoms with Gasteiger partial charge in [0, 0.05) is 18.4 Å². The highest BCUT2D eigenvalue weighted by molar-refractivity contribution is 6.06. The minimum atomic E-state index is -0.356. The highest BCUT2D eigenvalue weighted by Crippen LogP contribution is 2.25. The molecule has 0 spiro atoms. The fourth-order valence-corrected chi connectivity index (χ4v) is 2.15. The van der Waals surface area contributed by atoms with Gasteiger partial charge in [0.25, 0.3) is 11.8 Å². The number of carbonyl (C=O) groups excluding carboxylic acids is 2. The van der Waals surface area contributed by atoms with E-state index in [2.05, 4.69) is 15.6 Å². The SMILES string of the molecule is COc1ccc(C)cc1NC(=O)c1cncc(C(=O)NC(C)C)c1. The van der Waals surface area contributed by atoms with Crippen LogP contribution in [0.15, 0.2) is 36.7 Å². The van der Waals surface area contributed by atoms with E-state index >= 15 is 0 Å². The quantitative estimate of drug-likeness (QED) is 0.885. The molecule has 0 saturated heterocycles. The van der Waals surface area contributed by atoms with Crippen molar-refractivity contribution in [2.24, 2.45) is 0 Å². The van der Waals surface area contributed by atoms with Crippen LogP contribution in [0.1, 0.15) is 40.1 Å². The molecular formula is C18H21N3O3. The fourth-order valence-electron chi connectivity index (χ4n) is 2.15. The van der Waals surface area contributed by atoms with Gasteiger partial charge in [-0.05, 0) is 44.5 Å². The van der Waals surface area contributed by atoms with Crippen molar-refractivity contribution >= 4 is 17.5 Å². The predicted octanol–water partition coefficient (Wildman–Crippen LogP) is 2.79. The normalized spacial score (nSPS) is 10.4. The van der Waals surface area contributed by atoms with Crippen molar-refractivity contribution in [3.8, 4) is 5.75 Å². The summed E-state index contributed by atoms with van der Waals surface area (Å²) in [6.45, 7) is 5.66. The average Bonchev–Trinajstić information content (AvgIpc) is 2.54. The van der Waals surface area contributed by atoms with E-state index in [4.69, 9.17) is 4.74 Å². The van der Waals surface area contributed by atoms with Crippen molar-refractivity contribution in [1.82, 2.24) is 10.3 Å². The molecule has 0 radical (unpaired) electrons. The lowest BCUT2D eigenvalue weighted by Gasteiger charge is -2.12. The first-order valence-electron chi connectivity index (χ1n) is 7.62. The van der Waals surface area contributed by atoms with Gasteiger partial charge in [-0.3, -0.25) is 14.6 Å². The number of hydrogen-bond donors (Lipinski definition) is 2. The molecule has 2 N–H and O–H groups in total. The topological polar surface area (TPSA) is 80.3 Å². The Balaban J connectivity index is 2.22. The molecule has 0 aliphatic carbocycles. The number of carbonyl (C=O) groups is 2. The summed E-state index contributed by atoms with van der Waals surface area (Å²) in [6.07, 6.45) is 2.85. The molecule has 0 aliphatic rings. The molecular weight excluding hydrogens is 306 g/mol. The Kier molecular flexibility index (Phi) is 5.52. The second kappa shape index (κ2) is 7.59. The van der Waals surface area contributed by atoms with E-state index < -0.39 is 0 Å². The number of benzene rings is 1. The number of nitrogens with zero attached hydrogens (tertiary/aromatic N) is 1. The van der Waals surface area contributed by atoms with Crippen LogP contribution in [0.5, 0.6) is 5.75 Å². The van der Waals surface area contributed by atoms with E-state index in [0.29, 0.717) is 22.6 Å². The molecule has 0 atom stereocenters. The summed E-state index contributed by atoms with van der Waals surface area (Å²) >= 11 is 0. The van der Waals surface area contributed by atoms with Crippen LogP contribution in [0, 0.1) is 6.92 Å². The maximum absolute atomic E-state index is 12.5. The van der Waals surface area contributed by atoms with Crippen molar-refractivity contribution in [2.45, 2.75) is 26.8 Å². The van der Waals surface area contributed by atoms with E-state index in [1.807, 2.05) is 32.9 Å². The molecule has 1 aromatic heterocycles. The molecule has 2 aromatic rings. The number of aryl methyl sites for hydroxylation is 1. The summed E-state index contributed by atoms with van der Waals surface area (Å²) in [5, 5.41) is 5.56. The highest BCUT2D eigenvalue weighted by Gasteiger charge is 2.14. The molecule has 0 saturated carbocycles. The summed E-state index contributed by atoms with van der Waals surface area (Å²) in [5.74, 6) is -0.0542. The van der Waals surface area contributed by atoms with Crippen LogP contribution >= 0.6 is 0 Å². The Bertz CT molecular complexity index is 757. The lowest BCUT2D eigenvalue weighted by atomic mass is 10.1. The predicted molar refractivity (Wildman–Crippen MR) is 92.5 cm³/mol. The Labute approximate surface area is 141 Å². The standard InChI is InChI=1S/C18H21N3O3/c1-11(2)20-17(22)13-8-14(10-19-9-13)18(23)21-15-7-12(3)5-6-16(15)24-4/h5-11H,1-4H3,(H,20,22)(H,21,23). The third-order valence-corrected chi connectivity index (χ3v) is 3.29. The van der Waals surface area contributed by atoms with Gasteiger partial charge >= 0.3 is 0 Å². The summed E-state index contributed by atoms with van der Waals surface area (Å²) in [6, 6.07) is 7.02. The lowest BCUT2D eigenvalue weighted by Crippen LogP contribution is -2.30. The second-order valence-corrected chi connectivity index (χ2v) is 5.75. The van der Waals surface area contributed by atoms with Gasteiger partial charge in [-0.2, -0.15) is 0 Å². The number of anilines is 1. The second-order valence-electron chi connectivity index (χ2n) is 5.75. The summed E-state index contributed by atoms with van der Waals surface area (Å²) in [7, 11) is 1.54. The Hall–Kier alpha value is -2.89. The van der Waals surface area contributed by atoms with Crippen molar-refractivity contribution in [2.75, 3.05) is 12.4 Å². The van der Waals surface area contributed by atoms with Crippen LogP contribution in [0.3, 0.4) is 0 Å². The monoisotopic (exact) mass is 327 g/mol. The molecule has 2 rings (SSSR count). The van der Waals surface area contributed by atoms with E-state index in [0.717, 1.165) is 5.56 Å². The minimum Gasteiger partial charge on any atom is -0.495 e. The number of methoxy groups -OCH3 is 1. The van der Waals surface area contributed by atoms with Gasteiger partial charge in [-0.15, -0.1) is 0 Å². The summed E-state index contributed by atoms with van der Waals surface area (Å²) in [4.78, 5) is 28.5. The molecule has 1 heterocycles. The maximum atomic E-state index is 12.5. The molecule has 2 amide bonds. The number of rotatable bonds is 5. The molecule has 1 aromatic carbocycles. The lowest BCUT2D eigenvalue weighted by molar-refractivity contribution is 0.0942. The molecule has 24 heavy (non-hydrogen) atoms. The zero-order valence-electron chi connectivity index (χ0n) is 14.2. The van der Waals surface area contributed by atoms with Crippen molar-refractivity contribution in [3.63, 3.8) is 0 Å². The van der Waals surface area contributed by atoms with Gasteiger partial charge < -0.3 is 15.4 Å². The number of nitrogens with one attached hydrogen (secondary N) is 2. The van der Waals surface area contributed by atoms with Crippen LogP contribution in [0.4, 0.5) is 5.69 Å². The number of ether oxygens (including phenoxy) is 1. The number of amides is 2. The van der Waals surface area contributed by atoms with Gasteiger partial charge in [-0.25, -0.2) is 0 Å². The first-order chi connectivity index (χ1) is 11.4. The zero-order valence-corrected chi connectivity index (χ0v) is 14.2. The van der Waals surface area contributed by atoms with Crippen molar-refractivity contribution in [1.29, 1.82) is 0 Å². The molecule has 0 fully saturated rings. The van der Waals surface area contributed by atoms with Gasteiger partial charge in [0.05, 0.1) is 23.9 Å². The Morgan fingerprint density at radius 1 is 1.08 bits per heavy atom. The van der Waals surface area contributed by atoms with Crippen molar-refractivity contribution in [3.05, 3.63) is 53.3 Å². The van der Waals surface area contributed by atoms with Gasteiger partial charge in [-0.1, -0.05) is 6.07 Å². The first kappa shape index (κ1) is 17.5. The Morgan fingerprint density at radius 2 is 1.75 bits per heavy atom. The summed E-state index contributed by atoms with van der Waals surface area (Å²) < 4.78 is 5.25. The third kappa shape index (κ3) is 4.32. The smallest absolute Gasteiger partial charge is 0.257 e. The van der Waals surface area contributed by atoms with E-state index in [9.17, 15) is 9.59 Å². The van der Waals surface area contributed by atoms with Crippen LogP contribution in [0.25, 0.3) is 0 Å². The van der Waals surface area contributed by atoms with Crippen molar-refractivity contribution < 1.29 is 14.3 Å². The number of hydrogen-bond acceptors (Lipinski definition) is 4. The van der Waals surface area contributed by atoms with Gasteiger partial charge in [0.15, 0.2) is 0 Å². The minimum absolute atomic E-state index is 0.00605. The van der Waals surface area contributed by atoms with E-state index in [-0.39, 0.29) is 17.9 Å². The number of aromatic nitrogens is 1. The van der Waals surface area contributed by atoms with E-state index in [1.165, 1.54) is 18.5 Å². The van der Waals surface area contributed by atoms with E-state index in [1.54, 1.807) is 13.2 Å². The highest BCUT2D eigenvalue weighted by atomic mass is 16.5. The third-order valence-electron chi connectivity index (χ3n) is 3.29. The molecule has 0 unspecified atom stereocenters. The first-order valence-corrected chi connectivity index (χ1v) is 7.62. The van der Waals surface area contributed by atoms with Crippen LogP contribution in [-0.2, 0) is 0 Å². The van der Waals surface area contributed by atoms with Crippen LogP contribution < -0.4 is 15.4 Å². The molecule has 6 heteroatoms. The molecule has 126 valence electrons. The van der Waals surface area contributed by atoms with Gasteiger partial charge in [0.2, 0.25) is 0 Å². The number of pyridine rings is 1. The van der Waals surface area contributed by atoms with Gasteiger partial charge in [0.1, 0.15) is 5.75 Å². The average molecular weight is 327 g/mol. The fraction of sp³-hybridized carbons (Fsp3) is 0.278. The largest absolute Gasteiger partial charge is 0.495 e.